The molecule has 2 aliphatic heterocycles. The molecule has 0 aromatic rings. The van der Waals surface area contributed by atoms with E-state index >= 15 is 0 Å². The van der Waals surface area contributed by atoms with Crippen molar-refractivity contribution in [2.24, 2.45) is 5.73 Å². The van der Waals surface area contributed by atoms with Crippen LogP contribution in [0, 0.1) is 0 Å². The molecule has 0 saturated carbocycles. The van der Waals surface area contributed by atoms with E-state index in [4.69, 9.17) is 15.2 Å². The predicted octanol–water partition coefficient (Wildman–Crippen LogP) is 0.173. The largest absolute Gasteiger partial charge is 0.379 e. The SMILES string of the molecule is CC(CNC(=O)[C@@H]1CC[C@H](CN)O1)N1CCOCC1.Cl.Cl. The number of nitrogens with two attached hydrogens (primary N) is 1. The predicted molar refractivity (Wildman–Crippen MR) is 86.3 cm³/mol. The average Bonchev–Trinajstić information content (AvgIpc) is 2.94. The smallest absolute Gasteiger partial charge is 0.249 e. The monoisotopic (exact) mass is 343 g/mol. The molecule has 0 aromatic heterocycles. The molecule has 0 aliphatic carbocycles. The van der Waals surface area contributed by atoms with Gasteiger partial charge in [0, 0.05) is 32.2 Å². The zero-order valence-electron chi connectivity index (χ0n) is 12.5. The number of morpholine rings is 1. The molecule has 0 radical (unpaired) electrons. The Morgan fingerprint density at radius 1 is 1.33 bits per heavy atom. The summed E-state index contributed by atoms with van der Waals surface area (Å²) in [6, 6.07) is 0.333. The number of carbonyl (C=O) groups is 1. The van der Waals surface area contributed by atoms with Crippen molar-refractivity contribution >= 4 is 30.7 Å². The number of ether oxygens (including phenoxy) is 2. The number of amides is 1. The average molecular weight is 344 g/mol. The molecule has 2 heterocycles. The molecule has 126 valence electrons. The van der Waals surface area contributed by atoms with Gasteiger partial charge in [-0.3, -0.25) is 9.69 Å². The Morgan fingerprint density at radius 2 is 2.00 bits per heavy atom. The standard InChI is InChI=1S/C13H25N3O3.2ClH/c1-10(16-4-6-18-7-5-16)9-15-13(17)12-3-2-11(8-14)19-12;;/h10-12H,2-9,14H2,1H3,(H,15,17);2*1H/t10?,11-,12+;;/m1../s1. The van der Waals surface area contributed by atoms with Crippen molar-refractivity contribution in [3.8, 4) is 0 Å². The summed E-state index contributed by atoms with van der Waals surface area (Å²) in [4.78, 5) is 14.3. The van der Waals surface area contributed by atoms with Gasteiger partial charge < -0.3 is 20.5 Å². The lowest BCUT2D eigenvalue weighted by atomic mass is 10.2. The maximum atomic E-state index is 12.0. The minimum absolute atomic E-state index is 0. The summed E-state index contributed by atoms with van der Waals surface area (Å²) in [7, 11) is 0. The van der Waals surface area contributed by atoms with Crippen LogP contribution in [-0.2, 0) is 14.3 Å². The summed E-state index contributed by atoms with van der Waals surface area (Å²) in [5, 5.41) is 2.98. The van der Waals surface area contributed by atoms with Crippen LogP contribution in [0.2, 0.25) is 0 Å². The summed E-state index contributed by atoms with van der Waals surface area (Å²) in [5.41, 5.74) is 5.54. The van der Waals surface area contributed by atoms with Crippen LogP contribution in [0.25, 0.3) is 0 Å². The molecule has 3 N–H and O–H groups in total. The summed E-state index contributed by atoms with van der Waals surface area (Å²) in [5.74, 6) is -0.00365. The Balaban J connectivity index is 0.00000200. The Morgan fingerprint density at radius 3 is 2.57 bits per heavy atom. The highest BCUT2D eigenvalue weighted by Crippen LogP contribution is 2.18. The Hall–Kier alpha value is -0.110. The first-order valence-electron chi connectivity index (χ1n) is 7.15. The zero-order valence-corrected chi connectivity index (χ0v) is 14.1. The highest BCUT2D eigenvalue weighted by atomic mass is 35.5. The maximum absolute atomic E-state index is 12.0. The first kappa shape index (κ1) is 20.9. The highest BCUT2D eigenvalue weighted by Gasteiger charge is 2.30. The normalized spacial score (nSPS) is 27.3. The number of halogens is 2. The number of hydrogen-bond donors (Lipinski definition) is 2. The first-order valence-corrected chi connectivity index (χ1v) is 7.15. The van der Waals surface area contributed by atoms with Gasteiger partial charge in [0.1, 0.15) is 6.10 Å². The molecule has 0 bridgehead atoms. The van der Waals surface area contributed by atoms with Crippen molar-refractivity contribution in [1.82, 2.24) is 10.2 Å². The number of carbonyl (C=O) groups excluding carboxylic acids is 1. The fourth-order valence-corrected chi connectivity index (χ4v) is 2.58. The minimum Gasteiger partial charge on any atom is -0.379 e. The quantitative estimate of drug-likeness (QED) is 0.744. The van der Waals surface area contributed by atoms with Gasteiger partial charge in [-0.1, -0.05) is 0 Å². The van der Waals surface area contributed by atoms with E-state index in [0.717, 1.165) is 39.1 Å². The van der Waals surface area contributed by atoms with Crippen LogP contribution >= 0.6 is 24.8 Å². The number of rotatable bonds is 5. The van der Waals surface area contributed by atoms with Crippen LogP contribution in [0.15, 0.2) is 0 Å². The fourth-order valence-electron chi connectivity index (χ4n) is 2.58. The molecule has 2 aliphatic rings. The Kier molecular flexibility index (Phi) is 10.5. The van der Waals surface area contributed by atoms with E-state index in [0.29, 0.717) is 19.1 Å². The molecule has 0 aromatic carbocycles. The van der Waals surface area contributed by atoms with Gasteiger partial charge in [0.05, 0.1) is 19.3 Å². The van der Waals surface area contributed by atoms with E-state index < -0.39 is 0 Å². The van der Waals surface area contributed by atoms with E-state index in [1.54, 1.807) is 0 Å². The van der Waals surface area contributed by atoms with Gasteiger partial charge >= 0.3 is 0 Å². The van der Waals surface area contributed by atoms with E-state index in [1.165, 1.54) is 0 Å². The second-order valence-corrected chi connectivity index (χ2v) is 5.30. The molecular formula is C13H27Cl2N3O3. The van der Waals surface area contributed by atoms with Gasteiger partial charge in [-0.15, -0.1) is 24.8 Å². The molecule has 1 amide bonds. The van der Waals surface area contributed by atoms with Gasteiger partial charge in [0.2, 0.25) is 5.91 Å². The van der Waals surface area contributed by atoms with Crippen molar-refractivity contribution in [1.29, 1.82) is 0 Å². The van der Waals surface area contributed by atoms with Crippen LogP contribution in [0.3, 0.4) is 0 Å². The van der Waals surface area contributed by atoms with E-state index in [-0.39, 0.29) is 42.9 Å². The van der Waals surface area contributed by atoms with Crippen molar-refractivity contribution in [2.75, 3.05) is 39.4 Å². The topological polar surface area (TPSA) is 76.8 Å². The lowest BCUT2D eigenvalue weighted by Gasteiger charge is -2.32. The molecule has 8 heteroatoms. The lowest BCUT2D eigenvalue weighted by molar-refractivity contribution is -0.132. The molecular weight excluding hydrogens is 317 g/mol. The van der Waals surface area contributed by atoms with E-state index in [1.807, 2.05) is 0 Å². The minimum atomic E-state index is -0.314. The zero-order chi connectivity index (χ0) is 13.7. The Labute approximate surface area is 138 Å². The highest BCUT2D eigenvalue weighted by molar-refractivity contribution is 5.85. The summed E-state index contributed by atoms with van der Waals surface area (Å²) >= 11 is 0. The Bertz CT molecular complexity index is 304. The van der Waals surface area contributed by atoms with Crippen molar-refractivity contribution in [2.45, 2.75) is 38.0 Å². The summed E-state index contributed by atoms with van der Waals surface area (Å²) < 4.78 is 10.9. The summed E-state index contributed by atoms with van der Waals surface area (Å²) in [6.07, 6.45) is 1.39. The summed E-state index contributed by atoms with van der Waals surface area (Å²) in [6.45, 7) is 6.71. The van der Waals surface area contributed by atoms with Crippen LogP contribution in [-0.4, -0.2) is 68.4 Å². The second kappa shape index (κ2) is 10.6. The van der Waals surface area contributed by atoms with E-state index in [9.17, 15) is 4.79 Å². The second-order valence-electron chi connectivity index (χ2n) is 5.30. The van der Waals surface area contributed by atoms with Gasteiger partial charge in [-0.05, 0) is 19.8 Å². The third kappa shape index (κ3) is 6.26. The van der Waals surface area contributed by atoms with Crippen LogP contribution < -0.4 is 11.1 Å². The molecule has 21 heavy (non-hydrogen) atoms. The van der Waals surface area contributed by atoms with Crippen LogP contribution in [0.1, 0.15) is 19.8 Å². The first-order chi connectivity index (χ1) is 9.20. The van der Waals surface area contributed by atoms with Gasteiger partial charge in [-0.2, -0.15) is 0 Å². The third-order valence-electron chi connectivity index (χ3n) is 3.90. The number of hydrogen-bond acceptors (Lipinski definition) is 5. The molecule has 2 fully saturated rings. The van der Waals surface area contributed by atoms with Gasteiger partial charge in [-0.25, -0.2) is 0 Å². The van der Waals surface area contributed by atoms with Crippen molar-refractivity contribution in [3.63, 3.8) is 0 Å². The maximum Gasteiger partial charge on any atom is 0.249 e. The number of nitrogens with zero attached hydrogens (tertiary/aromatic N) is 1. The molecule has 2 saturated heterocycles. The van der Waals surface area contributed by atoms with Crippen molar-refractivity contribution < 1.29 is 14.3 Å². The molecule has 6 nitrogen and oxygen atoms in total. The van der Waals surface area contributed by atoms with E-state index in [2.05, 4.69) is 17.1 Å². The van der Waals surface area contributed by atoms with Crippen LogP contribution in [0.5, 0.6) is 0 Å². The van der Waals surface area contributed by atoms with Gasteiger partial charge in [0.15, 0.2) is 0 Å². The van der Waals surface area contributed by atoms with Gasteiger partial charge in [0.25, 0.3) is 0 Å². The molecule has 3 atom stereocenters. The molecule has 1 unspecified atom stereocenters. The molecule has 0 spiro atoms. The molecule has 2 rings (SSSR count). The number of nitrogens with one attached hydrogen (secondary N) is 1. The van der Waals surface area contributed by atoms with Crippen LogP contribution in [0.4, 0.5) is 0 Å². The third-order valence-corrected chi connectivity index (χ3v) is 3.90. The van der Waals surface area contributed by atoms with Crippen molar-refractivity contribution in [3.05, 3.63) is 0 Å². The fraction of sp³-hybridized carbons (Fsp3) is 0.923. The lowest BCUT2D eigenvalue weighted by Crippen LogP contribution is -2.48.